The molecular weight excluding hydrogens is 354 g/mol. The summed E-state index contributed by atoms with van der Waals surface area (Å²) in [5, 5.41) is 7.16. The number of aryl methyl sites for hydroxylation is 2. The van der Waals surface area contributed by atoms with Gasteiger partial charge in [0.05, 0.1) is 11.5 Å². The first kappa shape index (κ1) is 19.7. The number of aromatic nitrogens is 3. The van der Waals surface area contributed by atoms with E-state index in [-0.39, 0.29) is 12.1 Å². The number of nitrogens with one attached hydrogen (secondary N) is 3. The van der Waals surface area contributed by atoms with Gasteiger partial charge in [-0.1, -0.05) is 30.3 Å². The third-order valence-corrected chi connectivity index (χ3v) is 4.46. The quantitative estimate of drug-likeness (QED) is 0.596. The van der Waals surface area contributed by atoms with Gasteiger partial charge in [-0.2, -0.15) is 0 Å². The maximum Gasteiger partial charge on any atom is 0.407 e. The fraction of sp³-hybridized carbons (Fsp3) is 0.381. The van der Waals surface area contributed by atoms with Crippen LogP contribution in [0.1, 0.15) is 32.0 Å². The van der Waals surface area contributed by atoms with Crippen molar-refractivity contribution in [2.24, 2.45) is 0 Å². The summed E-state index contributed by atoms with van der Waals surface area (Å²) in [5.74, 6) is 1.40. The second-order valence-corrected chi connectivity index (χ2v) is 7.24. The highest BCUT2D eigenvalue weighted by atomic mass is 16.6. The van der Waals surface area contributed by atoms with Gasteiger partial charge in [0, 0.05) is 23.8 Å². The van der Waals surface area contributed by atoms with Crippen LogP contribution in [0.2, 0.25) is 0 Å². The summed E-state index contributed by atoms with van der Waals surface area (Å²) in [6.45, 7) is 10.1. The molecule has 0 aliphatic carbocycles. The molecule has 1 amide bonds. The van der Waals surface area contributed by atoms with Crippen molar-refractivity contribution < 1.29 is 9.53 Å². The van der Waals surface area contributed by atoms with Gasteiger partial charge < -0.3 is 20.4 Å². The van der Waals surface area contributed by atoms with Crippen LogP contribution in [0.5, 0.6) is 0 Å². The van der Waals surface area contributed by atoms with Crippen molar-refractivity contribution in [1.82, 2.24) is 20.3 Å². The summed E-state index contributed by atoms with van der Waals surface area (Å²) < 4.78 is 5.11. The highest BCUT2D eigenvalue weighted by molar-refractivity contribution is 5.92. The Labute approximate surface area is 164 Å². The van der Waals surface area contributed by atoms with Crippen molar-refractivity contribution in [2.75, 3.05) is 11.9 Å². The Hall–Kier alpha value is -3.09. The van der Waals surface area contributed by atoms with Crippen LogP contribution in [0.3, 0.4) is 0 Å². The number of anilines is 1. The Morgan fingerprint density at radius 2 is 1.86 bits per heavy atom. The van der Waals surface area contributed by atoms with Crippen LogP contribution < -0.4 is 10.6 Å². The topological polar surface area (TPSA) is 91.9 Å². The number of carbonyl (C=O) groups is 1. The summed E-state index contributed by atoms with van der Waals surface area (Å²) in [6, 6.07) is 9.83. The number of hydrogen-bond donors (Lipinski definition) is 3. The van der Waals surface area contributed by atoms with E-state index in [2.05, 4.69) is 15.6 Å². The van der Waals surface area contributed by atoms with Crippen LogP contribution in [-0.2, 0) is 4.74 Å². The van der Waals surface area contributed by atoms with Crippen LogP contribution in [0.15, 0.2) is 30.3 Å². The van der Waals surface area contributed by atoms with Gasteiger partial charge in [-0.25, -0.2) is 14.8 Å². The molecule has 0 fully saturated rings. The van der Waals surface area contributed by atoms with Crippen LogP contribution in [0, 0.1) is 13.8 Å². The molecule has 1 aromatic carbocycles. The lowest BCUT2D eigenvalue weighted by atomic mass is 10.1. The molecule has 7 heteroatoms. The molecule has 2 aromatic heterocycles. The van der Waals surface area contributed by atoms with E-state index in [0.717, 1.165) is 33.7 Å². The lowest BCUT2D eigenvalue weighted by Crippen LogP contribution is -2.36. The summed E-state index contributed by atoms with van der Waals surface area (Å²) >= 11 is 0. The number of ether oxygens (including phenoxy) is 1. The number of rotatable bonds is 6. The van der Waals surface area contributed by atoms with Crippen molar-refractivity contribution in [2.45, 2.75) is 46.8 Å². The molecule has 3 aromatic rings. The average Bonchev–Trinajstić information content (AvgIpc) is 2.94. The summed E-state index contributed by atoms with van der Waals surface area (Å²) in [6.07, 6.45) is -0.571. The number of H-pyrrole nitrogens is 1. The van der Waals surface area contributed by atoms with Gasteiger partial charge >= 0.3 is 6.09 Å². The molecule has 0 saturated heterocycles. The highest BCUT2D eigenvalue weighted by Crippen LogP contribution is 2.29. The minimum atomic E-state index is -0.421. The molecule has 1 atom stereocenters. The molecule has 0 aliphatic heterocycles. The zero-order valence-electron chi connectivity index (χ0n) is 17.0. The molecule has 0 aliphatic rings. The van der Waals surface area contributed by atoms with Crippen LogP contribution in [0.25, 0.3) is 22.4 Å². The van der Waals surface area contributed by atoms with Crippen molar-refractivity contribution in [3.8, 4) is 11.4 Å². The monoisotopic (exact) mass is 381 g/mol. The first-order valence-corrected chi connectivity index (χ1v) is 9.48. The van der Waals surface area contributed by atoms with Crippen molar-refractivity contribution in [1.29, 1.82) is 0 Å². The normalized spacial score (nSPS) is 12.2. The summed E-state index contributed by atoms with van der Waals surface area (Å²) in [7, 11) is 0. The minimum absolute atomic E-state index is 0.0453. The van der Waals surface area contributed by atoms with Gasteiger partial charge in [-0.05, 0) is 40.2 Å². The fourth-order valence-corrected chi connectivity index (χ4v) is 2.96. The van der Waals surface area contributed by atoms with Gasteiger partial charge in [0.15, 0.2) is 5.82 Å². The number of amides is 1. The lowest BCUT2D eigenvalue weighted by Gasteiger charge is -2.17. The molecule has 1 unspecified atom stereocenters. The van der Waals surface area contributed by atoms with E-state index >= 15 is 0 Å². The Kier molecular flexibility index (Phi) is 5.82. The van der Waals surface area contributed by atoms with E-state index in [1.165, 1.54) is 0 Å². The zero-order valence-corrected chi connectivity index (χ0v) is 17.0. The molecule has 0 saturated carbocycles. The van der Waals surface area contributed by atoms with Crippen LogP contribution in [-0.4, -0.2) is 39.7 Å². The molecule has 0 spiro atoms. The van der Waals surface area contributed by atoms with Gasteiger partial charge in [-0.15, -0.1) is 0 Å². The van der Waals surface area contributed by atoms with E-state index in [1.807, 2.05) is 65.0 Å². The van der Waals surface area contributed by atoms with Crippen molar-refractivity contribution >= 4 is 22.9 Å². The number of aromatic amines is 1. The molecule has 3 N–H and O–H groups in total. The number of hydrogen-bond acceptors (Lipinski definition) is 5. The molecule has 3 rings (SSSR count). The maximum atomic E-state index is 11.7. The molecule has 0 radical (unpaired) electrons. The SMILES string of the molecule is Cc1[nH]c2nc(-c3ccccc3)nc(NC(C)CNC(=O)OC(C)C)c2c1C. The standard InChI is InChI=1S/C21H27N5O2/c1-12(2)28-21(27)22-11-13(3)23-19-17-14(4)15(5)24-20(17)26-18(25-19)16-9-7-6-8-10-16/h6-10,12-13H,11H2,1-5H3,(H,22,27)(H2,23,24,25,26). The predicted molar refractivity (Wildman–Crippen MR) is 112 cm³/mol. The Bertz CT molecular complexity index is 966. The second kappa shape index (κ2) is 8.29. The number of nitrogens with zero attached hydrogens (tertiary/aromatic N) is 2. The average molecular weight is 381 g/mol. The molecule has 28 heavy (non-hydrogen) atoms. The highest BCUT2D eigenvalue weighted by Gasteiger charge is 2.17. The van der Waals surface area contributed by atoms with E-state index in [0.29, 0.717) is 12.4 Å². The third-order valence-electron chi connectivity index (χ3n) is 4.46. The number of benzene rings is 1. The fourth-order valence-electron chi connectivity index (χ4n) is 2.96. The number of alkyl carbamates (subject to hydrolysis) is 1. The maximum absolute atomic E-state index is 11.7. The van der Waals surface area contributed by atoms with Gasteiger partial charge in [0.25, 0.3) is 0 Å². The molecular formula is C21H27N5O2. The minimum Gasteiger partial charge on any atom is -0.447 e. The van der Waals surface area contributed by atoms with Crippen molar-refractivity contribution in [3.05, 3.63) is 41.6 Å². The lowest BCUT2D eigenvalue weighted by molar-refractivity contribution is 0.115. The van der Waals surface area contributed by atoms with Crippen LogP contribution in [0.4, 0.5) is 10.6 Å². The number of fused-ring (bicyclic) bond motifs is 1. The first-order valence-electron chi connectivity index (χ1n) is 9.48. The summed E-state index contributed by atoms with van der Waals surface area (Å²) in [5.41, 5.74) is 3.91. The van der Waals surface area contributed by atoms with Gasteiger partial charge in [0.1, 0.15) is 11.5 Å². The second-order valence-electron chi connectivity index (χ2n) is 7.24. The zero-order chi connectivity index (χ0) is 20.3. The first-order chi connectivity index (χ1) is 13.3. The third kappa shape index (κ3) is 4.42. The molecule has 0 bridgehead atoms. The van der Waals surface area contributed by atoms with E-state index in [4.69, 9.17) is 14.7 Å². The van der Waals surface area contributed by atoms with Gasteiger partial charge in [-0.3, -0.25) is 0 Å². The van der Waals surface area contributed by atoms with Crippen LogP contribution >= 0.6 is 0 Å². The smallest absolute Gasteiger partial charge is 0.407 e. The van der Waals surface area contributed by atoms with E-state index in [9.17, 15) is 4.79 Å². The van der Waals surface area contributed by atoms with Gasteiger partial charge in [0.2, 0.25) is 0 Å². The largest absolute Gasteiger partial charge is 0.447 e. The number of carbonyl (C=O) groups excluding carboxylic acids is 1. The molecule has 148 valence electrons. The van der Waals surface area contributed by atoms with Crippen molar-refractivity contribution in [3.63, 3.8) is 0 Å². The predicted octanol–water partition coefficient (Wildman–Crippen LogP) is 4.18. The molecule has 2 heterocycles. The Morgan fingerprint density at radius 3 is 2.54 bits per heavy atom. The Morgan fingerprint density at radius 1 is 1.14 bits per heavy atom. The van der Waals surface area contributed by atoms with E-state index in [1.54, 1.807) is 0 Å². The summed E-state index contributed by atoms with van der Waals surface area (Å²) in [4.78, 5) is 24.5. The molecule has 7 nitrogen and oxygen atoms in total. The Balaban J connectivity index is 1.87. The van der Waals surface area contributed by atoms with E-state index < -0.39 is 6.09 Å².